The number of alkyl halides is 5. The summed E-state index contributed by atoms with van der Waals surface area (Å²) in [4.78, 5) is 10.6. The Labute approximate surface area is 106 Å². The average Bonchev–Trinajstić information content (AvgIpc) is 2.20. The summed E-state index contributed by atoms with van der Waals surface area (Å²) >= 11 is 2.76. The fraction of sp³-hybridized carbons (Fsp3) is 0.222. The summed E-state index contributed by atoms with van der Waals surface area (Å²) < 4.78 is 63.1. The number of nitrogens with one attached hydrogen (secondary N) is 1. The van der Waals surface area contributed by atoms with E-state index >= 15 is 0 Å². The Morgan fingerprint density at radius 3 is 2.39 bits per heavy atom. The van der Waals surface area contributed by atoms with Crippen molar-refractivity contribution in [2.75, 3.05) is 5.32 Å². The number of halogens is 6. The van der Waals surface area contributed by atoms with Crippen LogP contribution < -0.4 is 10.1 Å². The van der Waals surface area contributed by atoms with Crippen molar-refractivity contribution in [1.82, 2.24) is 0 Å². The Balaban J connectivity index is 2.83. The maximum atomic E-state index is 11.9. The van der Waals surface area contributed by atoms with Gasteiger partial charge in [0, 0.05) is 5.69 Å². The first-order valence-corrected chi connectivity index (χ1v) is 5.12. The number of anilines is 1. The standard InChI is InChI=1S/C9H5BrF5NO2/c10-5-3-4(16-8(17)7(11)12)1-2-6(5)18-9(13,14)15/h1-3,7H,(H,16,17). The lowest BCUT2D eigenvalue weighted by molar-refractivity contribution is -0.274. The van der Waals surface area contributed by atoms with Crippen LogP contribution in [0.3, 0.4) is 0 Å². The fourth-order valence-corrected chi connectivity index (χ4v) is 1.44. The number of benzene rings is 1. The number of ether oxygens (including phenoxy) is 1. The number of hydrogen-bond acceptors (Lipinski definition) is 2. The van der Waals surface area contributed by atoms with Crippen molar-refractivity contribution in [3.8, 4) is 5.75 Å². The van der Waals surface area contributed by atoms with E-state index in [1.54, 1.807) is 0 Å². The van der Waals surface area contributed by atoms with Gasteiger partial charge in [0.15, 0.2) is 0 Å². The van der Waals surface area contributed by atoms with Crippen molar-refractivity contribution >= 4 is 27.5 Å². The lowest BCUT2D eigenvalue weighted by Crippen LogP contribution is -2.20. The third kappa shape index (κ3) is 4.47. The van der Waals surface area contributed by atoms with Crippen LogP contribution in [-0.4, -0.2) is 18.7 Å². The molecule has 0 saturated heterocycles. The molecule has 0 saturated carbocycles. The number of carbonyl (C=O) groups excluding carboxylic acids is 1. The van der Waals surface area contributed by atoms with Crippen LogP contribution in [0.5, 0.6) is 5.75 Å². The molecule has 9 heteroatoms. The molecular weight excluding hydrogens is 329 g/mol. The maximum Gasteiger partial charge on any atom is 0.573 e. The van der Waals surface area contributed by atoms with Crippen LogP contribution in [0.15, 0.2) is 22.7 Å². The van der Waals surface area contributed by atoms with Crippen LogP contribution in [0, 0.1) is 0 Å². The SMILES string of the molecule is O=C(Nc1ccc(OC(F)(F)F)c(Br)c1)C(F)F. The molecule has 0 aliphatic heterocycles. The van der Waals surface area contributed by atoms with Crippen molar-refractivity contribution in [2.45, 2.75) is 12.8 Å². The molecule has 1 aromatic carbocycles. The molecule has 0 aliphatic carbocycles. The van der Waals surface area contributed by atoms with Crippen molar-refractivity contribution in [2.24, 2.45) is 0 Å². The van der Waals surface area contributed by atoms with E-state index in [0.717, 1.165) is 18.2 Å². The van der Waals surface area contributed by atoms with E-state index in [1.807, 2.05) is 5.32 Å². The lowest BCUT2D eigenvalue weighted by atomic mass is 10.3. The molecule has 1 amide bonds. The topological polar surface area (TPSA) is 38.3 Å². The molecule has 0 atom stereocenters. The third-order valence-corrected chi connectivity index (χ3v) is 2.24. The third-order valence-electron chi connectivity index (χ3n) is 1.62. The largest absolute Gasteiger partial charge is 0.573 e. The van der Waals surface area contributed by atoms with Crippen LogP contribution in [0.4, 0.5) is 27.6 Å². The van der Waals surface area contributed by atoms with Gasteiger partial charge >= 0.3 is 12.8 Å². The number of hydrogen-bond donors (Lipinski definition) is 1. The summed E-state index contributed by atoms with van der Waals surface area (Å²) in [6.45, 7) is 0. The van der Waals surface area contributed by atoms with Crippen molar-refractivity contribution in [1.29, 1.82) is 0 Å². The van der Waals surface area contributed by atoms with E-state index in [4.69, 9.17) is 0 Å². The minimum Gasteiger partial charge on any atom is -0.405 e. The van der Waals surface area contributed by atoms with Gasteiger partial charge in [-0.2, -0.15) is 8.78 Å². The van der Waals surface area contributed by atoms with E-state index < -0.39 is 24.4 Å². The molecule has 0 aliphatic rings. The van der Waals surface area contributed by atoms with Crippen molar-refractivity contribution in [3.05, 3.63) is 22.7 Å². The Kier molecular flexibility index (Phi) is 4.49. The normalized spacial score (nSPS) is 11.5. The lowest BCUT2D eigenvalue weighted by Gasteiger charge is -2.11. The first-order chi connectivity index (χ1) is 8.19. The van der Waals surface area contributed by atoms with Gasteiger partial charge in [-0.3, -0.25) is 4.79 Å². The summed E-state index contributed by atoms with van der Waals surface area (Å²) in [5.41, 5.74) is -0.0818. The molecule has 100 valence electrons. The molecule has 1 aromatic rings. The van der Waals surface area contributed by atoms with E-state index in [1.165, 1.54) is 0 Å². The molecule has 1 rings (SSSR count). The van der Waals surface area contributed by atoms with Gasteiger partial charge in [-0.15, -0.1) is 13.2 Å². The summed E-state index contributed by atoms with van der Waals surface area (Å²) in [5, 5.41) is 1.82. The zero-order valence-electron chi connectivity index (χ0n) is 8.39. The van der Waals surface area contributed by atoms with E-state index in [0.29, 0.717) is 0 Å². The minimum absolute atomic E-state index is 0.0818. The highest BCUT2D eigenvalue weighted by atomic mass is 79.9. The van der Waals surface area contributed by atoms with Crippen LogP contribution >= 0.6 is 15.9 Å². The Morgan fingerprint density at radius 1 is 1.33 bits per heavy atom. The van der Waals surface area contributed by atoms with E-state index in [2.05, 4.69) is 20.7 Å². The molecule has 0 aromatic heterocycles. The number of carbonyl (C=O) groups is 1. The molecule has 18 heavy (non-hydrogen) atoms. The molecule has 0 spiro atoms. The molecule has 0 fully saturated rings. The predicted octanol–water partition coefficient (Wildman–Crippen LogP) is 3.55. The summed E-state index contributed by atoms with van der Waals surface area (Å²) in [6.07, 6.45) is -8.08. The van der Waals surface area contributed by atoms with Gasteiger partial charge in [0.2, 0.25) is 0 Å². The van der Waals surface area contributed by atoms with E-state index in [9.17, 15) is 26.7 Å². The first-order valence-electron chi connectivity index (χ1n) is 4.33. The van der Waals surface area contributed by atoms with Gasteiger partial charge in [0.1, 0.15) is 5.75 Å². The second-order valence-corrected chi connectivity index (χ2v) is 3.84. The molecule has 3 nitrogen and oxygen atoms in total. The van der Waals surface area contributed by atoms with Gasteiger partial charge in [-0.05, 0) is 34.1 Å². The molecule has 1 N–H and O–H groups in total. The van der Waals surface area contributed by atoms with Crippen LogP contribution in [0.1, 0.15) is 0 Å². The summed E-state index contributed by atoms with van der Waals surface area (Å²) in [5.74, 6) is -2.09. The highest BCUT2D eigenvalue weighted by Gasteiger charge is 2.32. The van der Waals surface area contributed by atoms with Crippen molar-refractivity contribution in [3.63, 3.8) is 0 Å². The smallest absolute Gasteiger partial charge is 0.405 e. The molecule has 0 radical (unpaired) electrons. The summed E-state index contributed by atoms with van der Waals surface area (Å²) in [7, 11) is 0. The van der Waals surface area contributed by atoms with Crippen LogP contribution in [0.25, 0.3) is 0 Å². The van der Waals surface area contributed by atoms with Crippen molar-refractivity contribution < 1.29 is 31.5 Å². The Hall–Kier alpha value is -1.38. The monoisotopic (exact) mass is 333 g/mol. The van der Waals surface area contributed by atoms with Gasteiger partial charge in [0.25, 0.3) is 5.91 Å². The first kappa shape index (κ1) is 14.7. The Morgan fingerprint density at radius 2 is 1.94 bits per heavy atom. The van der Waals surface area contributed by atoms with Gasteiger partial charge in [-0.25, -0.2) is 0 Å². The molecule has 0 bridgehead atoms. The average molecular weight is 334 g/mol. The molecule has 0 heterocycles. The van der Waals surface area contributed by atoms with Crippen LogP contribution in [-0.2, 0) is 4.79 Å². The van der Waals surface area contributed by atoms with Gasteiger partial charge < -0.3 is 10.1 Å². The highest BCUT2D eigenvalue weighted by Crippen LogP contribution is 2.32. The molecular formula is C9H5BrF5NO2. The number of amides is 1. The quantitative estimate of drug-likeness (QED) is 0.859. The maximum absolute atomic E-state index is 11.9. The van der Waals surface area contributed by atoms with Gasteiger partial charge in [0.05, 0.1) is 4.47 Å². The minimum atomic E-state index is -4.86. The number of rotatable bonds is 3. The predicted molar refractivity (Wildman–Crippen MR) is 55.5 cm³/mol. The Bertz CT molecular complexity index is 449. The molecule has 0 unspecified atom stereocenters. The van der Waals surface area contributed by atoms with Gasteiger partial charge in [-0.1, -0.05) is 0 Å². The van der Waals surface area contributed by atoms with Crippen LogP contribution in [0.2, 0.25) is 0 Å². The zero-order valence-corrected chi connectivity index (χ0v) is 9.98. The summed E-state index contributed by atoms with van der Waals surface area (Å²) in [6, 6.07) is 2.91. The second kappa shape index (κ2) is 5.51. The fourth-order valence-electron chi connectivity index (χ4n) is 0.983. The second-order valence-electron chi connectivity index (χ2n) is 2.98. The van der Waals surface area contributed by atoms with E-state index in [-0.39, 0.29) is 10.2 Å². The highest BCUT2D eigenvalue weighted by molar-refractivity contribution is 9.10. The zero-order chi connectivity index (χ0) is 13.9.